The van der Waals surface area contributed by atoms with Gasteiger partial charge < -0.3 is 15.0 Å². The van der Waals surface area contributed by atoms with Gasteiger partial charge in [-0.2, -0.15) is 0 Å². The summed E-state index contributed by atoms with van der Waals surface area (Å²) in [7, 11) is 0. The second kappa shape index (κ2) is 5.41. The van der Waals surface area contributed by atoms with E-state index >= 15 is 0 Å². The summed E-state index contributed by atoms with van der Waals surface area (Å²) in [6.07, 6.45) is 6.61. The van der Waals surface area contributed by atoms with Crippen molar-refractivity contribution in [2.45, 2.75) is 44.2 Å². The summed E-state index contributed by atoms with van der Waals surface area (Å²) in [6.45, 7) is 0. The van der Waals surface area contributed by atoms with Crippen molar-refractivity contribution in [3.05, 3.63) is 36.0 Å². The maximum atomic E-state index is 13.0. The molecule has 2 aliphatic rings. The Balaban J connectivity index is 1.70. The molecule has 2 aromatic rings. The van der Waals surface area contributed by atoms with E-state index in [1.165, 1.54) is 0 Å². The fourth-order valence-electron chi connectivity index (χ4n) is 4.30. The zero-order valence-electron chi connectivity index (χ0n) is 12.9. The van der Waals surface area contributed by atoms with Gasteiger partial charge in [0.2, 0.25) is 0 Å². The van der Waals surface area contributed by atoms with E-state index in [2.05, 4.69) is 4.98 Å². The Morgan fingerprint density at radius 1 is 1.17 bits per heavy atom. The molecule has 2 heterocycles. The van der Waals surface area contributed by atoms with E-state index in [1.807, 2.05) is 24.4 Å². The number of aromatic nitrogens is 1. The molecule has 5 heteroatoms. The molecule has 4 rings (SSSR count). The summed E-state index contributed by atoms with van der Waals surface area (Å²) in [5, 5.41) is 10.6. The number of aromatic amines is 1. The maximum Gasteiger partial charge on any atom is 0.326 e. The number of carbonyl (C=O) groups excluding carboxylic acids is 1. The van der Waals surface area contributed by atoms with Gasteiger partial charge in [0.1, 0.15) is 6.04 Å². The van der Waals surface area contributed by atoms with Gasteiger partial charge in [-0.1, -0.05) is 18.9 Å². The highest BCUT2D eigenvalue weighted by Gasteiger charge is 2.47. The summed E-state index contributed by atoms with van der Waals surface area (Å²) in [6, 6.07) is 6.88. The molecule has 1 aliphatic carbocycles. The number of hydrogen-bond acceptors (Lipinski definition) is 2. The highest BCUT2D eigenvalue weighted by atomic mass is 16.4. The van der Waals surface area contributed by atoms with Crippen molar-refractivity contribution in [3.63, 3.8) is 0 Å². The highest BCUT2D eigenvalue weighted by molar-refractivity contribution is 6.00. The fourth-order valence-corrected chi connectivity index (χ4v) is 4.30. The summed E-state index contributed by atoms with van der Waals surface area (Å²) < 4.78 is 0. The van der Waals surface area contributed by atoms with E-state index in [1.54, 1.807) is 11.0 Å². The number of likely N-dealkylation sites (tertiary alicyclic amines) is 1. The first-order valence-electron chi connectivity index (χ1n) is 8.28. The molecular formula is C18H20N2O3. The third kappa shape index (κ3) is 2.31. The van der Waals surface area contributed by atoms with Crippen LogP contribution in [0.3, 0.4) is 0 Å². The molecule has 2 fully saturated rings. The quantitative estimate of drug-likeness (QED) is 0.895. The lowest BCUT2D eigenvalue weighted by atomic mass is 9.84. The van der Waals surface area contributed by atoms with Crippen molar-refractivity contribution >= 4 is 22.8 Å². The van der Waals surface area contributed by atoms with Gasteiger partial charge in [0.25, 0.3) is 5.91 Å². The smallest absolute Gasteiger partial charge is 0.326 e. The standard InChI is InChI=1S/C18H20N2O3/c21-17(13-6-5-11-7-8-19-14(11)9-13)20-15-4-2-1-3-12(15)10-16(20)18(22)23/h5-9,12,15-16,19H,1-4,10H2,(H,22,23)/t12-,15-,16+/m1/s1. The topological polar surface area (TPSA) is 73.4 Å². The number of carboxylic acid groups (broad SMARTS) is 1. The molecule has 3 atom stereocenters. The molecule has 120 valence electrons. The lowest BCUT2D eigenvalue weighted by molar-refractivity contribution is -0.141. The van der Waals surface area contributed by atoms with Gasteiger partial charge in [-0.15, -0.1) is 0 Å². The van der Waals surface area contributed by atoms with Gasteiger partial charge in [-0.05, 0) is 48.8 Å². The Bertz CT molecular complexity index is 766. The van der Waals surface area contributed by atoms with Crippen LogP contribution in [0.1, 0.15) is 42.5 Å². The molecule has 0 unspecified atom stereocenters. The van der Waals surface area contributed by atoms with E-state index in [9.17, 15) is 14.7 Å². The Morgan fingerprint density at radius 2 is 2.00 bits per heavy atom. The van der Waals surface area contributed by atoms with Gasteiger partial charge in [-0.25, -0.2) is 4.79 Å². The third-order valence-corrected chi connectivity index (χ3v) is 5.41. The van der Waals surface area contributed by atoms with Crippen molar-refractivity contribution < 1.29 is 14.7 Å². The number of nitrogens with zero attached hydrogens (tertiary/aromatic N) is 1. The largest absolute Gasteiger partial charge is 0.480 e. The number of fused-ring (bicyclic) bond motifs is 2. The molecule has 0 bridgehead atoms. The van der Waals surface area contributed by atoms with Crippen LogP contribution in [0.5, 0.6) is 0 Å². The SMILES string of the molecule is O=C(O)[C@@H]1C[C@H]2CCCC[C@H]2N1C(=O)c1ccc2cc[nH]c2c1. The van der Waals surface area contributed by atoms with Crippen molar-refractivity contribution in [2.75, 3.05) is 0 Å². The molecule has 5 nitrogen and oxygen atoms in total. The molecule has 23 heavy (non-hydrogen) atoms. The number of rotatable bonds is 2. The maximum absolute atomic E-state index is 13.0. The van der Waals surface area contributed by atoms with Crippen molar-refractivity contribution in [1.82, 2.24) is 9.88 Å². The summed E-state index contributed by atoms with van der Waals surface area (Å²) in [4.78, 5) is 29.5. The number of carbonyl (C=O) groups is 2. The van der Waals surface area contributed by atoms with E-state index in [4.69, 9.17) is 0 Å². The monoisotopic (exact) mass is 312 g/mol. The highest BCUT2D eigenvalue weighted by Crippen LogP contribution is 2.40. The number of aliphatic carboxylic acids is 1. The second-order valence-electron chi connectivity index (χ2n) is 6.69. The van der Waals surface area contributed by atoms with Gasteiger partial charge in [0, 0.05) is 23.3 Å². The molecule has 1 saturated carbocycles. The zero-order chi connectivity index (χ0) is 16.0. The normalized spacial score (nSPS) is 27.1. The number of benzene rings is 1. The van der Waals surface area contributed by atoms with E-state index in [-0.39, 0.29) is 11.9 Å². The lowest BCUT2D eigenvalue weighted by Gasteiger charge is -2.33. The van der Waals surface area contributed by atoms with E-state index in [0.29, 0.717) is 17.9 Å². The van der Waals surface area contributed by atoms with Crippen LogP contribution in [0, 0.1) is 5.92 Å². The average Bonchev–Trinajstić information content (AvgIpc) is 3.17. The Morgan fingerprint density at radius 3 is 2.83 bits per heavy atom. The van der Waals surface area contributed by atoms with Crippen LogP contribution < -0.4 is 0 Å². The van der Waals surface area contributed by atoms with Gasteiger partial charge in [-0.3, -0.25) is 4.79 Å². The van der Waals surface area contributed by atoms with Crippen LogP contribution in [0.25, 0.3) is 10.9 Å². The summed E-state index contributed by atoms with van der Waals surface area (Å²) >= 11 is 0. The average molecular weight is 312 g/mol. The Labute approximate surface area is 134 Å². The van der Waals surface area contributed by atoms with Crippen LogP contribution >= 0.6 is 0 Å². The van der Waals surface area contributed by atoms with E-state index < -0.39 is 12.0 Å². The van der Waals surface area contributed by atoms with Gasteiger partial charge in [0.15, 0.2) is 0 Å². The fraction of sp³-hybridized carbons (Fsp3) is 0.444. The molecule has 0 radical (unpaired) electrons. The van der Waals surface area contributed by atoms with Crippen LogP contribution in [0.15, 0.2) is 30.5 Å². The third-order valence-electron chi connectivity index (χ3n) is 5.41. The lowest BCUT2D eigenvalue weighted by Crippen LogP contribution is -2.46. The molecule has 1 aromatic carbocycles. The Hall–Kier alpha value is -2.30. The summed E-state index contributed by atoms with van der Waals surface area (Å²) in [5.41, 5.74) is 1.47. The zero-order valence-corrected chi connectivity index (χ0v) is 12.9. The minimum atomic E-state index is -0.881. The van der Waals surface area contributed by atoms with Crippen LogP contribution in [0.2, 0.25) is 0 Å². The molecular weight excluding hydrogens is 292 g/mol. The predicted octanol–water partition coefficient (Wildman–Crippen LogP) is 3.03. The molecule has 0 spiro atoms. The molecule has 1 aromatic heterocycles. The number of hydrogen-bond donors (Lipinski definition) is 2. The predicted molar refractivity (Wildman–Crippen MR) is 86.3 cm³/mol. The Kier molecular flexibility index (Phi) is 3.36. The van der Waals surface area contributed by atoms with E-state index in [0.717, 1.165) is 36.6 Å². The van der Waals surface area contributed by atoms with Crippen molar-refractivity contribution in [2.24, 2.45) is 5.92 Å². The minimum Gasteiger partial charge on any atom is -0.480 e. The number of amides is 1. The molecule has 1 saturated heterocycles. The first kappa shape index (κ1) is 14.3. The van der Waals surface area contributed by atoms with Crippen LogP contribution in [-0.4, -0.2) is 39.0 Å². The van der Waals surface area contributed by atoms with Gasteiger partial charge in [0.05, 0.1) is 0 Å². The molecule has 1 amide bonds. The number of nitrogens with one attached hydrogen (secondary N) is 1. The van der Waals surface area contributed by atoms with Gasteiger partial charge >= 0.3 is 5.97 Å². The number of carboxylic acids is 1. The van der Waals surface area contributed by atoms with Crippen LogP contribution in [-0.2, 0) is 4.79 Å². The molecule has 2 N–H and O–H groups in total. The number of H-pyrrole nitrogens is 1. The first-order valence-corrected chi connectivity index (χ1v) is 8.28. The van der Waals surface area contributed by atoms with Crippen molar-refractivity contribution in [3.8, 4) is 0 Å². The van der Waals surface area contributed by atoms with Crippen molar-refractivity contribution in [1.29, 1.82) is 0 Å². The minimum absolute atomic E-state index is 0.0803. The summed E-state index contributed by atoms with van der Waals surface area (Å²) in [5.74, 6) is -0.694. The second-order valence-corrected chi connectivity index (χ2v) is 6.69. The molecule has 1 aliphatic heterocycles. The van der Waals surface area contributed by atoms with Crippen LogP contribution in [0.4, 0.5) is 0 Å². The first-order chi connectivity index (χ1) is 11.1.